The Hall–Kier alpha value is 0.400. The van der Waals surface area contributed by atoms with Crippen molar-refractivity contribution in [2.75, 3.05) is 61.0 Å². The van der Waals surface area contributed by atoms with Gasteiger partial charge >= 0.3 is 18.9 Å². The molecule has 170 valence electrons. The maximum absolute atomic E-state index is 9.70. The molecule has 1 amide bonds. The van der Waals surface area contributed by atoms with Gasteiger partial charge in [-0.3, -0.25) is 9.59 Å². The third kappa shape index (κ3) is 94.9. The van der Waals surface area contributed by atoms with Gasteiger partial charge in [0.2, 0.25) is 11.1 Å². The first-order valence-corrected chi connectivity index (χ1v) is 9.45. The van der Waals surface area contributed by atoms with Gasteiger partial charge in [-0.25, -0.2) is 0 Å². The van der Waals surface area contributed by atoms with E-state index in [-0.39, 0.29) is 48.8 Å². The molecule has 1 rings (SSSR count). The molecule has 0 aromatic rings. The van der Waals surface area contributed by atoms with Gasteiger partial charge in [0.05, 0.1) is 0 Å². The van der Waals surface area contributed by atoms with E-state index in [1.165, 1.54) is 53.4 Å². The van der Waals surface area contributed by atoms with Gasteiger partial charge in [0.1, 0.15) is 0 Å². The first-order chi connectivity index (χ1) is 12.3. The Labute approximate surface area is 204 Å². The van der Waals surface area contributed by atoms with Crippen LogP contribution in [-0.4, -0.2) is 94.4 Å². The van der Waals surface area contributed by atoms with Crippen LogP contribution in [0.2, 0.25) is 0 Å². The van der Waals surface area contributed by atoms with Gasteiger partial charge in [-0.15, -0.1) is 0 Å². The Bertz CT molecular complexity index is 252. The zero-order valence-electron chi connectivity index (χ0n) is 20.6. The van der Waals surface area contributed by atoms with Crippen LogP contribution >= 0.6 is 11.6 Å². The van der Waals surface area contributed by atoms with E-state index in [1.807, 2.05) is 14.1 Å². The molecule has 7 nitrogen and oxygen atoms in total. The molecule has 0 unspecified atom stereocenters. The van der Waals surface area contributed by atoms with Crippen LogP contribution in [0.5, 0.6) is 0 Å². The summed E-state index contributed by atoms with van der Waals surface area (Å²) in [4.78, 5) is 21.3. The molecule has 0 aromatic carbocycles. The van der Waals surface area contributed by atoms with E-state index in [1.54, 1.807) is 7.05 Å². The zero-order chi connectivity index (χ0) is 21.8. The van der Waals surface area contributed by atoms with Crippen molar-refractivity contribution in [3.8, 4) is 0 Å². The van der Waals surface area contributed by atoms with Crippen LogP contribution in [0.4, 0.5) is 0 Å². The Morgan fingerprint density at radius 3 is 1.25 bits per heavy atom. The summed E-state index contributed by atoms with van der Waals surface area (Å²) in [6.45, 7) is 14.9. The number of carbonyl (C=O) groups excluding carboxylic acids is 2. The minimum Gasteiger partial charge on any atom is -1.00 e. The summed E-state index contributed by atoms with van der Waals surface area (Å²) in [5.41, 5.74) is 4.50. The van der Waals surface area contributed by atoms with E-state index >= 15 is 0 Å². The number of ether oxygens (including phenoxy) is 1. The van der Waals surface area contributed by atoms with Gasteiger partial charge in [-0.2, -0.15) is 0 Å². The number of rotatable bonds is 3. The minimum absolute atomic E-state index is 0. The van der Waals surface area contributed by atoms with Gasteiger partial charge in [0.15, 0.2) is 17.4 Å². The Morgan fingerprint density at radius 1 is 1.00 bits per heavy atom. The Morgan fingerprint density at radius 2 is 1.21 bits per heavy atom. The van der Waals surface area contributed by atoms with Crippen LogP contribution in [0.25, 0.3) is 0 Å². The quantitative estimate of drug-likeness (QED) is 0.349. The van der Waals surface area contributed by atoms with Crippen molar-refractivity contribution in [1.82, 2.24) is 15.5 Å². The van der Waals surface area contributed by atoms with Gasteiger partial charge in [-0.05, 0) is 65.2 Å². The summed E-state index contributed by atoms with van der Waals surface area (Å²) in [7, 11) is 6.85. The second-order valence-corrected chi connectivity index (χ2v) is 5.25. The molecule has 1 aliphatic heterocycles. The number of carbonyl (C=O) groups is 2. The number of hydrogen-bond acceptors (Lipinski definition) is 6. The fourth-order valence-corrected chi connectivity index (χ4v) is 1.18. The van der Waals surface area contributed by atoms with Crippen LogP contribution in [-0.2, 0) is 14.3 Å². The molecule has 4 N–H and O–H groups in total. The smallest absolute Gasteiger partial charge is 1.00 e. The molecule has 0 saturated carbocycles. The molecule has 1 heterocycles. The van der Waals surface area contributed by atoms with E-state index in [0.717, 1.165) is 13.2 Å². The second kappa shape index (κ2) is 50.7. The topological polar surface area (TPSA) is 96.7 Å². The molecule has 1 saturated heterocycles. The summed E-state index contributed by atoms with van der Waals surface area (Å²) in [6.07, 6.45) is 2.56. The molecule has 10 heteroatoms. The average molecular weight is 439 g/mol. The SMILES string of the molecule is C1CCOC1.CC(=O)Cl.CCN(CC)CC.CN.CNC.CNC(C)=O.[AlH3].[H-].[Li+]. The standard InChI is InChI=1S/C6H15N.C4H8O.C3H7NO.C2H3ClO.C2H7N.CH5N.Al.Li.4H/c1-4-7(5-2)6-3;1-2-4-5-3-1;1-3(5)4-2;1-2(3)4;1-3-2;1-2;;;;;;/h4-6H2,1-3H3;1-4H2;1-2H3,(H,4,5);1H3;3H,1-2H3;2H2,1H3;;;;;;/q;;;;;;;+1;;;;-1. The van der Waals surface area contributed by atoms with Crippen molar-refractivity contribution in [3.05, 3.63) is 0 Å². The third-order valence-corrected chi connectivity index (χ3v) is 2.52. The van der Waals surface area contributed by atoms with E-state index in [0.29, 0.717) is 0 Å². The van der Waals surface area contributed by atoms with Crippen LogP contribution < -0.4 is 35.2 Å². The van der Waals surface area contributed by atoms with E-state index < -0.39 is 0 Å². The van der Waals surface area contributed by atoms with Gasteiger partial charge in [0, 0.05) is 34.1 Å². The van der Waals surface area contributed by atoms with Crippen LogP contribution in [0.1, 0.15) is 48.9 Å². The summed E-state index contributed by atoms with van der Waals surface area (Å²) in [5.74, 6) is 0.00463. The summed E-state index contributed by atoms with van der Waals surface area (Å²) in [6, 6.07) is 0. The van der Waals surface area contributed by atoms with Crippen molar-refractivity contribution < 1.29 is 34.6 Å². The molecule has 0 aliphatic carbocycles. The first kappa shape index (κ1) is 46.6. The molecular formula is C18H49AlClLiN4O3. The number of halogens is 1. The number of nitrogens with two attached hydrogens (primary N) is 1. The molecular weight excluding hydrogens is 390 g/mol. The summed E-state index contributed by atoms with van der Waals surface area (Å²) >= 11 is 4.64. The number of nitrogens with one attached hydrogen (secondary N) is 2. The molecule has 0 bridgehead atoms. The van der Waals surface area contributed by atoms with Crippen molar-refractivity contribution in [3.63, 3.8) is 0 Å². The Balaban J connectivity index is -0.0000000309. The monoisotopic (exact) mass is 438 g/mol. The van der Waals surface area contributed by atoms with Crippen molar-refractivity contribution in [2.24, 2.45) is 5.73 Å². The van der Waals surface area contributed by atoms with E-state index in [9.17, 15) is 9.59 Å². The third-order valence-electron chi connectivity index (χ3n) is 2.52. The fourth-order valence-electron chi connectivity index (χ4n) is 1.18. The fraction of sp³-hybridized carbons (Fsp3) is 0.889. The second-order valence-electron chi connectivity index (χ2n) is 4.72. The molecule has 0 aromatic heterocycles. The maximum Gasteiger partial charge on any atom is 1.00 e. The molecule has 1 aliphatic rings. The van der Waals surface area contributed by atoms with Crippen LogP contribution in [0.3, 0.4) is 0 Å². The van der Waals surface area contributed by atoms with Crippen molar-refractivity contribution in [1.29, 1.82) is 0 Å². The molecule has 0 atom stereocenters. The predicted octanol–water partition coefficient (Wildman–Crippen LogP) is -1.99. The first-order valence-electron chi connectivity index (χ1n) is 9.07. The number of hydrogen-bond donors (Lipinski definition) is 3. The summed E-state index contributed by atoms with van der Waals surface area (Å²) < 4.78 is 4.94. The minimum atomic E-state index is -0.361. The predicted molar refractivity (Wildman–Crippen MR) is 126 cm³/mol. The molecule has 28 heavy (non-hydrogen) atoms. The summed E-state index contributed by atoms with van der Waals surface area (Å²) in [5, 5.41) is 4.78. The van der Waals surface area contributed by atoms with Crippen molar-refractivity contribution in [2.45, 2.75) is 47.5 Å². The van der Waals surface area contributed by atoms with Crippen LogP contribution in [0.15, 0.2) is 0 Å². The molecule has 0 radical (unpaired) electrons. The number of amides is 1. The normalized spacial score (nSPS) is 9.86. The zero-order valence-corrected chi connectivity index (χ0v) is 20.3. The average Bonchev–Trinajstić information content (AvgIpc) is 3.19. The maximum atomic E-state index is 9.70. The van der Waals surface area contributed by atoms with Gasteiger partial charge in [0.25, 0.3) is 0 Å². The Kier molecular flexibility index (Phi) is 84.4. The van der Waals surface area contributed by atoms with E-state index in [2.05, 4.69) is 53.6 Å². The van der Waals surface area contributed by atoms with E-state index in [4.69, 9.17) is 4.74 Å². The largest absolute Gasteiger partial charge is 1.00 e. The van der Waals surface area contributed by atoms with Crippen molar-refractivity contribution >= 4 is 40.1 Å². The van der Waals surface area contributed by atoms with Gasteiger partial charge < -0.3 is 27.4 Å². The van der Waals surface area contributed by atoms with Gasteiger partial charge in [-0.1, -0.05) is 20.8 Å². The molecule has 1 fully saturated rings. The molecule has 0 spiro atoms. The van der Waals surface area contributed by atoms with Crippen LogP contribution in [0, 0.1) is 0 Å². The number of nitrogens with zero attached hydrogens (tertiary/aromatic N) is 1.